The Morgan fingerprint density at radius 2 is 2.00 bits per heavy atom. The van der Waals surface area contributed by atoms with Gasteiger partial charge >= 0.3 is 0 Å². The minimum atomic E-state index is -2.03. The summed E-state index contributed by atoms with van der Waals surface area (Å²) in [7, 11) is 0. The second-order valence-electron chi connectivity index (χ2n) is 2.98. The SMILES string of the molecule is O=C(NCCCS(=O)[O-])c1ccccc1. The highest BCUT2D eigenvalue weighted by atomic mass is 32.2. The molecule has 0 spiro atoms. The molecular weight excluding hydrogens is 214 g/mol. The highest BCUT2D eigenvalue weighted by Crippen LogP contribution is 1.97. The third-order valence-corrected chi connectivity index (χ3v) is 2.43. The molecular formula is C10H12NO3S-. The summed E-state index contributed by atoms with van der Waals surface area (Å²) in [6.45, 7) is 0.377. The van der Waals surface area contributed by atoms with Crippen molar-refractivity contribution in [3.05, 3.63) is 35.9 Å². The van der Waals surface area contributed by atoms with Crippen LogP contribution in [-0.4, -0.2) is 27.0 Å². The average molecular weight is 226 g/mol. The third kappa shape index (κ3) is 4.71. The first kappa shape index (κ1) is 11.9. The Bertz CT molecular complexity index is 340. The number of benzene rings is 1. The van der Waals surface area contributed by atoms with Crippen LogP contribution in [0, 0.1) is 0 Å². The number of amides is 1. The van der Waals surface area contributed by atoms with Crippen LogP contribution in [-0.2, 0) is 11.1 Å². The minimum absolute atomic E-state index is 0.0784. The maximum absolute atomic E-state index is 11.4. The van der Waals surface area contributed by atoms with E-state index in [1.165, 1.54) is 0 Å². The molecule has 0 aromatic heterocycles. The predicted molar refractivity (Wildman–Crippen MR) is 57.2 cm³/mol. The summed E-state index contributed by atoms with van der Waals surface area (Å²) >= 11 is -2.03. The molecule has 15 heavy (non-hydrogen) atoms. The van der Waals surface area contributed by atoms with Gasteiger partial charge in [-0.1, -0.05) is 29.3 Å². The first-order valence-electron chi connectivity index (χ1n) is 4.59. The van der Waals surface area contributed by atoms with Crippen molar-refractivity contribution in [2.45, 2.75) is 6.42 Å². The number of rotatable bonds is 5. The molecule has 0 heterocycles. The van der Waals surface area contributed by atoms with E-state index >= 15 is 0 Å². The predicted octanol–water partition coefficient (Wildman–Crippen LogP) is 0.686. The van der Waals surface area contributed by atoms with E-state index in [-0.39, 0.29) is 11.7 Å². The van der Waals surface area contributed by atoms with Gasteiger partial charge in [-0.2, -0.15) is 0 Å². The largest absolute Gasteiger partial charge is 0.772 e. The van der Waals surface area contributed by atoms with E-state index in [1.54, 1.807) is 24.3 Å². The molecule has 1 unspecified atom stereocenters. The lowest BCUT2D eigenvalue weighted by molar-refractivity contribution is 0.0953. The van der Waals surface area contributed by atoms with E-state index in [9.17, 15) is 13.6 Å². The molecule has 0 radical (unpaired) electrons. The number of carbonyl (C=O) groups is 1. The number of hydrogen-bond acceptors (Lipinski definition) is 3. The Labute approximate surface area is 91.0 Å². The van der Waals surface area contributed by atoms with E-state index in [0.717, 1.165) is 0 Å². The van der Waals surface area contributed by atoms with Crippen molar-refractivity contribution in [2.24, 2.45) is 0 Å². The van der Waals surface area contributed by atoms with E-state index in [0.29, 0.717) is 18.5 Å². The van der Waals surface area contributed by atoms with Crippen molar-refractivity contribution in [2.75, 3.05) is 12.3 Å². The van der Waals surface area contributed by atoms with Gasteiger partial charge in [0.2, 0.25) is 0 Å². The van der Waals surface area contributed by atoms with Crippen molar-refractivity contribution < 1.29 is 13.6 Å². The van der Waals surface area contributed by atoms with Crippen LogP contribution in [0.25, 0.3) is 0 Å². The normalized spacial score (nSPS) is 12.1. The Hall–Kier alpha value is -1.20. The van der Waals surface area contributed by atoms with Crippen LogP contribution in [0.3, 0.4) is 0 Å². The van der Waals surface area contributed by atoms with Crippen LogP contribution in [0.2, 0.25) is 0 Å². The molecule has 1 rings (SSSR count). The average Bonchev–Trinajstić information content (AvgIpc) is 2.25. The monoisotopic (exact) mass is 226 g/mol. The molecule has 1 atom stereocenters. The Kier molecular flexibility index (Phi) is 5.00. The summed E-state index contributed by atoms with van der Waals surface area (Å²) in [5.74, 6) is -0.0954. The van der Waals surface area contributed by atoms with Gasteiger partial charge in [0, 0.05) is 17.9 Å². The van der Waals surface area contributed by atoms with Crippen molar-refractivity contribution >= 4 is 17.0 Å². The molecule has 0 saturated heterocycles. The highest BCUT2D eigenvalue weighted by Gasteiger charge is 2.02. The minimum Gasteiger partial charge on any atom is -0.772 e. The molecule has 0 fully saturated rings. The standard InChI is InChI=1S/C10H13NO3S/c12-10(9-5-2-1-3-6-9)11-7-4-8-15(13)14/h1-3,5-6H,4,7-8H2,(H,11,12)(H,13,14)/p-1. The summed E-state index contributed by atoms with van der Waals surface area (Å²) in [4.78, 5) is 11.4. The summed E-state index contributed by atoms with van der Waals surface area (Å²) < 4.78 is 20.4. The molecule has 0 aliphatic rings. The van der Waals surface area contributed by atoms with Crippen molar-refractivity contribution in [3.63, 3.8) is 0 Å². The summed E-state index contributed by atoms with van der Waals surface area (Å²) in [5.41, 5.74) is 0.584. The van der Waals surface area contributed by atoms with E-state index < -0.39 is 11.1 Å². The zero-order valence-electron chi connectivity index (χ0n) is 8.14. The third-order valence-electron chi connectivity index (χ3n) is 1.81. The first-order chi connectivity index (χ1) is 7.20. The fourth-order valence-electron chi connectivity index (χ4n) is 1.08. The van der Waals surface area contributed by atoms with Crippen molar-refractivity contribution in [3.8, 4) is 0 Å². The summed E-state index contributed by atoms with van der Waals surface area (Å²) in [6.07, 6.45) is 0.439. The van der Waals surface area contributed by atoms with Gasteiger partial charge < -0.3 is 9.87 Å². The Morgan fingerprint density at radius 3 is 2.60 bits per heavy atom. The van der Waals surface area contributed by atoms with Crippen LogP contribution in [0.1, 0.15) is 16.8 Å². The van der Waals surface area contributed by atoms with E-state index in [4.69, 9.17) is 0 Å². The van der Waals surface area contributed by atoms with Crippen molar-refractivity contribution in [1.29, 1.82) is 0 Å². The van der Waals surface area contributed by atoms with E-state index in [1.807, 2.05) is 6.07 Å². The number of carbonyl (C=O) groups excluding carboxylic acids is 1. The van der Waals surface area contributed by atoms with Crippen LogP contribution in [0.4, 0.5) is 0 Å². The van der Waals surface area contributed by atoms with Gasteiger partial charge in [-0.15, -0.1) is 0 Å². The zero-order chi connectivity index (χ0) is 11.1. The molecule has 1 N–H and O–H groups in total. The lowest BCUT2D eigenvalue weighted by atomic mass is 10.2. The Balaban J connectivity index is 2.28. The fourth-order valence-corrected chi connectivity index (χ4v) is 1.46. The molecule has 0 aliphatic heterocycles. The highest BCUT2D eigenvalue weighted by molar-refractivity contribution is 7.79. The molecule has 0 bridgehead atoms. The van der Waals surface area contributed by atoms with Gasteiger partial charge in [0.05, 0.1) is 0 Å². The lowest BCUT2D eigenvalue weighted by Gasteiger charge is -2.06. The van der Waals surface area contributed by atoms with Gasteiger partial charge in [0.25, 0.3) is 5.91 Å². The fraction of sp³-hybridized carbons (Fsp3) is 0.300. The number of nitrogens with one attached hydrogen (secondary N) is 1. The van der Waals surface area contributed by atoms with Crippen LogP contribution in [0.15, 0.2) is 30.3 Å². The molecule has 4 nitrogen and oxygen atoms in total. The summed E-state index contributed by atoms with van der Waals surface area (Å²) in [6, 6.07) is 8.81. The molecule has 5 heteroatoms. The summed E-state index contributed by atoms with van der Waals surface area (Å²) in [5, 5.41) is 2.64. The second kappa shape index (κ2) is 6.31. The van der Waals surface area contributed by atoms with Gasteiger partial charge in [-0.25, -0.2) is 0 Å². The quantitative estimate of drug-likeness (QED) is 0.593. The molecule has 0 saturated carbocycles. The first-order valence-corrected chi connectivity index (χ1v) is 5.83. The molecule has 0 aliphatic carbocycles. The van der Waals surface area contributed by atoms with Crippen molar-refractivity contribution in [1.82, 2.24) is 5.32 Å². The van der Waals surface area contributed by atoms with E-state index in [2.05, 4.69) is 5.32 Å². The van der Waals surface area contributed by atoms with Gasteiger partial charge in [-0.3, -0.25) is 9.00 Å². The van der Waals surface area contributed by atoms with Gasteiger partial charge in [-0.05, 0) is 18.6 Å². The molecule has 1 aromatic carbocycles. The van der Waals surface area contributed by atoms with Gasteiger partial charge in [0.1, 0.15) is 0 Å². The van der Waals surface area contributed by atoms with Crippen LogP contribution >= 0.6 is 0 Å². The topological polar surface area (TPSA) is 69.2 Å². The molecule has 82 valence electrons. The smallest absolute Gasteiger partial charge is 0.251 e. The lowest BCUT2D eigenvalue weighted by Crippen LogP contribution is -2.25. The van der Waals surface area contributed by atoms with Gasteiger partial charge in [0.15, 0.2) is 0 Å². The Morgan fingerprint density at radius 1 is 1.33 bits per heavy atom. The second-order valence-corrected chi connectivity index (χ2v) is 4.00. The van der Waals surface area contributed by atoms with Crippen LogP contribution in [0.5, 0.6) is 0 Å². The zero-order valence-corrected chi connectivity index (χ0v) is 8.96. The number of hydrogen-bond donors (Lipinski definition) is 1. The maximum Gasteiger partial charge on any atom is 0.251 e. The van der Waals surface area contributed by atoms with Crippen LogP contribution < -0.4 is 5.32 Å². The molecule has 1 amide bonds. The molecule has 1 aromatic rings. The maximum atomic E-state index is 11.4.